The van der Waals surface area contributed by atoms with Gasteiger partial charge >= 0.3 is 0 Å². The molecule has 0 bridgehead atoms. The molecule has 1 saturated heterocycles. The van der Waals surface area contributed by atoms with E-state index in [0.717, 1.165) is 43.6 Å². The van der Waals surface area contributed by atoms with E-state index in [0.29, 0.717) is 11.8 Å². The third-order valence-corrected chi connectivity index (χ3v) is 6.14. The predicted octanol–water partition coefficient (Wildman–Crippen LogP) is 4.11. The molecule has 1 aromatic rings. The lowest BCUT2D eigenvalue weighted by molar-refractivity contribution is 0.0689. The number of piperidine rings is 1. The number of halogens is 1. The molecule has 3 rings (SSSR count). The first-order chi connectivity index (χ1) is 9.78. The minimum absolute atomic E-state index is 0.234. The van der Waals surface area contributed by atoms with Crippen molar-refractivity contribution in [1.29, 1.82) is 0 Å². The molecule has 110 valence electrons. The number of hydrogen-bond acceptors (Lipinski definition) is 2. The maximum atomic E-state index is 12.7. The highest BCUT2D eigenvalue weighted by atomic mass is 35.5. The number of hydrogen-bond donors (Lipinski definition) is 0. The molecule has 1 amide bonds. The summed E-state index contributed by atoms with van der Waals surface area (Å²) in [4.78, 5) is 17.1. The van der Waals surface area contributed by atoms with E-state index in [2.05, 4.69) is 6.07 Å². The lowest BCUT2D eigenvalue weighted by atomic mass is 10.00. The number of alkyl halides is 1. The number of likely N-dealkylation sites (tertiary alicyclic amines) is 1. The summed E-state index contributed by atoms with van der Waals surface area (Å²) in [6, 6.07) is 2.16. The van der Waals surface area contributed by atoms with Gasteiger partial charge < -0.3 is 4.90 Å². The summed E-state index contributed by atoms with van der Waals surface area (Å²) >= 11 is 7.70. The number of thiophene rings is 1. The van der Waals surface area contributed by atoms with Gasteiger partial charge in [0.05, 0.1) is 4.88 Å². The Labute approximate surface area is 130 Å². The van der Waals surface area contributed by atoms with E-state index in [4.69, 9.17) is 11.6 Å². The molecular formula is C16H22ClNOS. The summed E-state index contributed by atoms with van der Waals surface area (Å²) in [5.74, 6) is 1.38. The van der Waals surface area contributed by atoms with Gasteiger partial charge in [-0.25, -0.2) is 0 Å². The Morgan fingerprint density at radius 1 is 1.30 bits per heavy atom. The Morgan fingerprint density at radius 2 is 2.15 bits per heavy atom. The first-order valence-corrected chi connectivity index (χ1v) is 9.10. The lowest BCUT2D eigenvalue weighted by Gasteiger charge is -2.31. The summed E-state index contributed by atoms with van der Waals surface area (Å²) in [5.41, 5.74) is 1.43. The Morgan fingerprint density at radius 3 is 3.00 bits per heavy atom. The largest absolute Gasteiger partial charge is 0.338 e. The molecular weight excluding hydrogens is 290 g/mol. The fraction of sp³-hybridized carbons (Fsp3) is 0.688. The van der Waals surface area contributed by atoms with Gasteiger partial charge in [0.1, 0.15) is 0 Å². The van der Waals surface area contributed by atoms with Crippen LogP contribution < -0.4 is 0 Å². The van der Waals surface area contributed by atoms with Crippen molar-refractivity contribution in [2.45, 2.75) is 44.9 Å². The van der Waals surface area contributed by atoms with Gasteiger partial charge in [-0.1, -0.05) is 6.42 Å². The first kappa shape index (κ1) is 14.4. The van der Waals surface area contributed by atoms with E-state index >= 15 is 0 Å². The van der Waals surface area contributed by atoms with Crippen molar-refractivity contribution < 1.29 is 4.79 Å². The maximum absolute atomic E-state index is 12.7. The average molecular weight is 312 g/mol. The number of aryl methyl sites for hydroxylation is 2. The number of amides is 1. The first-order valence-electron chi connectivity index (χ1n) is 7.74. The van der Waals surface area contributed by atoms with Crippen molar-refractivity contribution in [3.05, 3.63) is 21.4 Å². The van der Waals surface area contributed by atoms with Crippen LogP contribution in [0.2, 0.25) is 0 Å². The van der Waals surface area contributed by atoms with Gasteiger partial charge in [-0.2, -0.15) is 0 Å². The van der Waals surface area contributed by atoms with Gasteiger partial charge in [-0.3, -0.25) is 4.79 Å². The molecule has 0 N–H and O–H groups in total. The minimum Gasteiger partial charge on any atom is -0.338 e. The Hall–Kier alpha value is -0.540. The Bertz CT molecular complexity index is 461. The lowest BCUT2D eigenvalue weighted by Crippen LogP contribution is -2.40. The summed E-state index contributed by atoms with van der Waals surface area (Å²) in [6.45, 7) is 1.74. The molecule has 1 aliphatic carbocycles. The summed E-state index contributed by atoms with van der Waals surface area (Å²) in [6.07, 6.45) is 8.45. The molecule has 20 heavy (non-hydrogen) atoms. The molecule has 1 fully saturated rings. The smallest absolute Gasteiger partial charge is 0.263 e. The van der Waals surface area contributed by atoms with Gasteiger partial charge in [0.2, 0.25) is 0 Å². The third-order valence-electron chi connectivity index (χ3n) is 4.48. The number of fused-ring (bicyclic) bond motifs is 1. The van der Waals surface area contributed by atoms with Gasteiger partial charge in [0.15, 0.2) is 0 Å². The topological polar surface area (TPSA) is 20.3 Å². The van der Waals surface area contributed by atoms with Gasteiger partial charge in [0, 0.05) is 23.8 Å². The third kappa shape index (κ3) is 3.04. The van der Waals surface area contributed by atoms with Crippen LogP contribution in [0.5, 0.6) is 0 Å². The van der Waals surface area contributed by atoms with Crippen LogP contribution in [0, 0.1) is 5.92 Å². The summed E-state index contributed by atoms with van der Waals surface area (Å²) < 4.78 is 0. The summed E-state index contributed by atoms with van der Waals surface area (Å²) in [5, 5.41) is 0. The fourth-order valence-electron chi connectivity index (χ4n) is 3.30. The Kier molecular flexibility index (Phi) is 4.67. The average Bonchev–Trinajstić information content (AvgIpc) is 2.77. The second-order valence-corrected chi connectivity index (χ2v) is 7.48. The van der Waals surface area contributed by atoms with E-state index < -0.39 is 0 Å². The van der Waals surface area contributed by atoms with Gasteiger partial charge in [-0.05, 0) is 56.1 Å². The highest BCUT2D eigenvalue weighted by Gasteiger charge is 2.26. The number of nitrogens with zero attached hydrogens (tertiary/aromatic N) is 1. The van der Waals surface area contributed by atoms with Crippen LogP contribution >= 0.6 is 22.9 Å². The number of carbonyl (C=O) groups is 1. The highest BCUT2D eigenvalue weighted by Crippen LogP contribution is 2.30. The molecule has 1 atom stereocenters. The highest BCUT2D eigenvalue weighted by molar-refractivity contribution is 7.14. The van der Waals surface area contributed by atoms with E-state index in [9.17, 15) is 4.79 Å². The molecule has 1 unspecified atom stereocenters. The second kappa shape index (κ2) is 6.48. The molecule has 0 saturated carbocycles. The fourth-order valence-corrected chi connectivity index (χ4v) is 4.78. The van der Waals surface area contributed by atoms with Crippen molar-refractivity contribution in [3.8, 4) is 0 Å². The van der Waals surface area contributed by atoms with Crippen LogP contribution in [0.3, 0.4) is 0 Å². The Balaban J connectivity index is 1.73. The molecule has 1 aromatic heterocycles. The quantitative estimate of drug-likeness (QED) is 0.594. The zero-order valence-corrected chi connectivity index (χ0v) is 13.4. The summed E-state index contributed by atoms with van der Waals surface area (Å²) in [7, 11) is 0. The molecule has 4 heteroatoms. The van der Waals surface area contributed by atoms with Gasteiger partial charge in [0.25, 0.3) is 5.91 Å². The molecule has 2 heterocycles. The SMILES string of the molecule is O=C(c1cc2c(s1)CCCCC2)N1CCCC(CCl)C1. The number of rotatable bonds is 2. The van der Waals surface area contributed by atoms with E-state index in [1.165, 1.54) is 29.7 Å². The van der Waals surface area contributed by atoms with Crippen LogP contribution in [-0.2, 0) is 12.8 Å². The standard InChI is InChI=1S/C16H22ClNOS/c17-10-12-5-4-8-18(11-12)16(19)15-9-13-6-2-1-3-7-14(13)20-15/h9,12H,1-8,10-11H2. The van der Waals surface area contributed by atoms with E-state index in [-0.39, 0.29) is 5.91 Å². The van der Waals surface area contributed by atoms with Crippen molar-refractivity contribution in [2.75, 3.05) is 19.0 Å². The van der Waals surface area contributed by atoms with Crippen molar-refractivity contribution in [2.24, 2.45) is 5.92 Å². The van der Waals surface area contributed by atoms with E-state index in [1.54, 1.807) is 11.3 Å². The van der Waals surface area contributed by atoms with Crippen LogP contribution in [0.4, 0.5) is 0 Å². The zero-order chi connectivity index (χ0) is 13.9. The van der Waals surface area contributed by atoms with Crippen molar-refractivity contribution in [1.82, 2.24) is 4.90 Å². The number of carbonyl (C=O) groups excluding carboxylic acids is 1. The van der Waals surface area contributed by atoms with Crippen molar-refractivity contribution in [3.63, 3.8) is 0 Å². The monoisotopic (exact) mass is 311 g/mol. The van der Waals surface area contributed by atoms with Crippen LogP contribution in [0.25, 0.3) is 0 Å². The molecule has 0 aromatic carbocycles. The normalized spacial score (nSPS) is 23.2. The zero-order valence-electron chi connectivity index (χ0n) is 11.9. The molecule has 2 aliphatic rings. The van der Waals surface area contributed by atoms with E-state index in [1.807, 2.05) is 4.90 Å². The molecule has 0 radical (unpaired) electrons. The minimum atomic E-state index is 0.234. The molecule has 2 nitrogen and oxygen atoms in total. The van der Waals surface area contributed by atoms with Crippen LogP contribution in [0.15, 0.2) is 6.07 Å². The second-order valence-electron chi connectivity index (χ2n) is 6.03. The molecule has 0 spiro atoms. The molecule has 1 aliphatic heterocycles. The van der Waals surface area contributed by atoms with Gasteiger partial charge in [-0.15, -0.1) is 22.9 Å². The maximum Gasteiger partial charge on any atom is 0.263 e. The van der Waals surface area contributed by atoms with Crippen LogP contribution in [-0.4, -0.2) is 29.8 Å². The predicted molar refractivity (Wildman–Crippen MR) is 84.9 cm³/mol. The van der Waals surface area contributed by atoms with Crippen molar-refractivity contribution >= 4 is 28.8 Å². The van der Waals surface area contributed by atoms with Crippen LogP contribution in [0.1, 0.15) is 52.2 Å².